The highest BCUT2D eigenvalue weighted by Gasteiger charge is 2.31. The Bertz CT molecular complexity index is 954. The van der Waals surface area contributed by atoms with Crippen LogP contribution in [0, 0.1) is 5.92 Å². The number of ether oxygens (including phenoxy) is 1. The van der Waals surface area contributed by atoms with E-state index in [9.17, 15) is 14.7 Å². The Morgan fingerprint density at radius 3 is 2.63 bits per heavy atom. The molecule has 1 aliphatic heterocycles. The summed E-state index contributed by atoms with van der Waals surface area (Å²) in [6.45, 7) is 3.78. The zero-order valence-electron chi connectivity index (χ0n) is 15.6. The predicted molar refractivity (Wildman–Crippen MR) is 104 cm³/mol. The van der Waals surface area contributed by atoms with Crippen molar-refractivity contribution in [2.24, 2.45) is 11.7 Å². The van der Waals surface area contributed by atoms with Gasteiger partial charge in [-0.15, -0.1) is 0 Å². The van der Waals surface area contributed by atoms with E-state index in [1.54, 1.807) is 13.2 Å². The van der Waals surface area contributed by atoms with E-state index in [0.717, 1.165) is 38.0 Å². The van der Waals surface area contributed by atoms with Crippen molar-refractivity contribution < 1.29 is 14.6 Å². The van der Waals surface area contributed by atoms with E-state index in [0.29, 0.717) is 22.6 Å². The number of pyridine rings is 1. The Labute approximate surface area is 157 Å². The number of methoxy groups -OCH3 is 1. The van der Waals surface area contributed by atoms with Crippen LogP contribution in [0.1, 0.15) is 42.6 Å². The van der Waals surface area contributed by atoms with Gasteiger partial charge in [-0.25, -0.2) is 4.79 Å². The van der Waals surface area contributed by atoms with Crippen LogP contribution in [0.5, 0.6) is 5.75 Å². The minimum atomic E-state index is -1.20. The van der Waals surface area contributed by atoms with Gasteiger partial charge in [-0.1, -0.05) is 6.92 Å². The van der Waals surface area contributed by atoms with Crippen LogP contribution in [-0.4, -0.2) is 41.9 Å². The van der Waals surface area contributed by atoms with Crippen LogP contribution in [-0.2, 0) is 0 Å². The fraction of sp³-hybridized carbons (Fsp3) is 0.500. The number of rotatable bonds is 4. The molecule has 1 aliphatic carbocycles. The Hall–Kier alpha value is -2.54. The maximum Gasteiger partial charge on any atom is 0.341 e. The molecule has 2 fully saturated rings. The van der Waals surface area contributed by atoms with E-state index >= 15 is 0 Å². The zero-order valence-corrected chi connectivity index (χ0v) is 15.6. The Morgan fingerprint density at radius 2 is 2.04 bits per heavy atom. The summed E-state index contributed by atoms with van der Waals surface area (Å²) >= 11 is 0. The molecule has 1 saturated carbocycles. The first-order valence-corrected chi connectivity index (χ1v) is 9.40. The van der Waals surface area contributed by atoms with E-state index in [1.165, 1.54) is 6.20 Å². The third-order valence-corrected chi connectivity index (χ3v) is 5.53. The fourth-order valence-electron chi connectivity index (χ4n) is 4.25. The van der Waals surface area contributed by atoms with E-state index in [-0.39, 0.29) is 17.6 Å². The summed E-state index contributed by atoms with van der Waals surface area (Å²) in [4.78, 5) is 26.5. The Balaban J connectivity index is 1.96. The van der Waals surface area contributed by atoms with Crippen molar-refractivity contribution in [3.63, 3.8) is 0 Å². The van der Waals surface area contributed by atoms with Gasteiger partial charge < -0.3 is 25.0 Å². The summed E-state index contributed by atoms with van der Waals surface area (Å²) in [7, 11) is 1.60. The number of nitrogens with zero attached hydrogens (tertiary/aromatic N) is 2. The van der Waals surface area contributed by atoms with Crippen LogP contribution in [0.2, 0.25) is 0 Å². The van der Waals surface area contributed by atoms with Crippen molar-refractivity contribution in [3.05, 3.63) is 34.1 Å². The number of aromatic nitrogens is 1. The predicted octanol–water partition coefficient (Wildman–Crippen LogP) is 2.22. The lowest BCUT2D eigenvalue weighted by molar-refractivity contribution is 0.0695. The normalized spacial score (nSPS) is 22.9. The number of hydrogen-bond acceptors (Lipinski definition) is 5. The van der Waals surface area contributed by atoms with Crippen LogP contribution >= 0.6 is 0 Å². The number of carbonyl (C=O) groups is 1. The van der Waals surface area contributed by atoms with E-state index in [2.05, 4.69) is 11.8 Å². The number of hydrogen-bond donors (Lipinski definition) is 2. The van der Waals surface area contributed by atoms with Gasteiger partial charge in [0.15, 0.2) is 5.75 Å². The van der Waals surface area contributed by atoms with Crippen LogP contribution in [0.3, 0.4) is 0 Å². The monoisotopic (exact) mass is 371 g/mol. The largest absolute Gasteiger partial charge is 0.492 e. The van der Waals surface area contributed by atoms with Gasteiger partial charge in [-0.05, 0) is 37.3 Å². The molecule has 2 heterocycles. The average Bonchev–Trinajstić information content (AvgIpc) is 3.45. The molecule has 4 rings (SSSR count). The van der Waals surface area contributed by atoms with Crippen molar-refractivity contribution in [1.82, 2.24) is 4.57 Å². The summed E-state index contributed by atoms with van der Waals surface area (Å²) in [6, 6.07) is 3.88. The summed E-state index contributed by atoms with van der Waals surface area (Å²) in [5.41, 5.74) is 7.14. The van der Waals surface area contributed by atoms with Gasteiger partial charge >= 0.3 is 5.97 Å². The molecule has 7 heteroatoms. The number of nitrogens with two attached hydrogens (primary N) is 1. The maximum atomic E-state index is 12.7. The molecular formula is C20H25N3O4. The lowest BCUT2D eigenvalue weighted by atomic mass is 9.95. The van der Waals surface area contributed by atoms with Gasteiger partial charge in [0.1, 0.15) is 5.56 Å². The molecule has 3 N–H and O–H groups in total. The second-order valence-corrected chi connectivity index (χ2v) is 7.84. The SMILES string of the molecule is COc1c(N2C[C@H](C)C[C@@H](N)C2)ccc2c(=O)c(C(=O)O)cn(C3CC3)c12. The van der Waals surface area contributed by atoms with Gasteiger partial charge in [-0.2, -0.15) is 0 Å². The molecule has 1 aromatic heterocycles. The van der Waals surface area contributed by atoms with Crippen molar-refractivity contribution >= 4 is 22.6 Å². The van der Waals surface area contributed by atoms with E-state index in [4.69, 9.17) is 10.5 Å². The summed E-state index contributed by atoms with van der Waals surface area (Å²) in [5.74, 6) is -0.112. The van der Waals surface area contributed by atoms with Crippen molar-refractivity contribution in [2.75, 3.05) is 25.1 Å². The van der Waals surface area contributed by atoms with E-state index < -0.39 is 11.4 Å². The topological polar surface area (TPSA) is 97.8 Å². The Kier molecular flexibility index (Phi) is 4.34. The minimum absolute atomic E-state index is 0.0918. The van der Waals surface area contributed by atoms with Gasteiger partial charge in [0.05, 0.1) is 23.7 Å². The van der Waals surface area contributed by atoms with Crippen LogP contribution in [0.4, 0.5) is 5.69 Å². The number of piperidine rings is 1. The van der Waals surface area contributed by atoms with Crippen molar-refractivity contribution in [3.8, 4) is 5.75 Å². The van der Waals surface area contributed by atoms with Crippen LogP contribution in [0.15, 0.2) is 23.1 Å². The number of benzene rings is 1. The molecule has 1 aromatic carbocycles. The molecule has 0 bridgehead atoms. The quantitative estimate of drug-likeness (QED) is 0.855. The molecule has 0 amide bonds. The summed E-state index contributed by atoms with van der Waals surface area (Å²) in [5, 5.41) is 9.81. The zero-order chi connectivity index (χ0) is 19.3. The average molecular weight is 371 g/mol. The number of fused-ring (bicyclic) bond motifs is 1. The standard InChI is InChI=1S/C20H25N3O4/c1-11-7-12(21)9-22(8-11)16-6-5-14-17(19(16)27-2)23(13-3-4-13)10-15(18(14)24)20(25)26/h5-6,10-13H,3-4,7-9,21H2,1-2H3,(H,25,26)/t11-,12-/m1/s1. The number of aromatic carboxylic acids is 1. The van der Waals surface area contributed by atoms with Crippen molar-refractivity contribution in [2.45, 2.75) is 38.3 Å². The fourth-order valence-corrected chi connectivity index (χ4v) is 4.25. The van der Waals surface area contributed by atoms with Gasteiger partial charge in [0, 0.05) is 31.4 Å². The van der Waals surface area contributed by atoms with Gasteiger partial charge in [0.2, 0.25) is 5.43 Å². The molecule has 1 saturated heterocycles. The first-order valence-electron chi connectivity index (χ1n) is 9.40. The lowest BCUT2D eigenvalue weighted by Gasteiger charge is -2.37. The van der Waals surface area contributed by atoms with E-state index in [1.807, 2.05) is 10.6 Å². The highest BCUT2D eigenvalue weighted by molar-refractivity contribution is 5.97. The highest BCUT2D eigenvalue weighted by atomic mass is 16.5. The Morgan fingerprint density at radius 1 is 1.30 bits per heavy atom. The molecule has 27 heavy (non-hydrogen) atoms. The third-order valence-electron chi connectivity index (χ3n) is 5.53. The second kappa shape index (κ2) is 6.56. The molecule has 0 spiro atoms. The second-order valence-electron chi connectivity index (χ2n) is 7.84. The first kappa shape index (κ1) is 17.9. The van der Waals surface area contributed by atoms with Crippen LogP contribution < -0.4 is 20.8 Å². The minimum Gasteiger partial charge on any atom is -0.492 e. The number of anilines is 1. The molecule has 0 radical (unpaired) electrons. The number of carboxylic acids is 1. The first-order chi connectivity index (χ1) is 12.9. The smallest absolute Gasteiger partial charge is 0.341 e. The highest BCUT2D eigenvalue weighted by Crippen LogP contribution is 2.43. The van der Waals surface area contributed by atoms with Gasteiger partial charge in [0.25, 0.3) is 0 Å². The molecule has 144 valence electrons. The molecule has 0 unspecified atom stereocenters. The summed E-state index contributed by atoms with van der Waals surface area (Å²) in [6.07, 6.45) is 4.40. The number of carboxylic acid groups (broad SMARTS) is 1. The third kappa shape index (κ3) is 3.06. The maximum absolute atomic E-state index is 12.7. The molecule has 2 aliphatic rings. The lowest BCUT2D eigenvalue weighted by Crippen LogP contribution is -2.46. The van der Waals surface area contributed by atoms with Gasteiger partial charge in [-0.3, -0.25) is 4.79 Å². The summed E-state index contributed by atoms with van der Waals surface area (Å²) < 4.78 is 7.68. The van der Waals surface area contributed by atoms with Crippen molar-refractivity contribution in [1.29, 1.82) is 0 Å². The molecule has 2 aromatic rings. The molecular weight excluding hydrogens is 346 g/mol. The molecule has 7 nitrogen and oxygen atoms in total. The van der Waals surface area contributed by atoms with Crippen LogP contribution in [0.25, 0.3) is 10.9 Å². The molecule has 2 atom stereocenters.